The fourth-order valence-corrected chi connectivity index (χ4v) is 3.32. The van der Waals surface area contributed by atoms with E-state index in [4.69, 9.17) is 4.74 Å². The number of benzene rings is 1. The van der Waals surface area contributed by atoms with Gasteiger partial charge in [-0.15, -0.1) is 0 Å². The van der Waals surface area contributed by atoms with Crippen LogP contribution in [-0.2, 0) is 16.1 Å². The number of rotatable bonds is 5. The molecular weight excluding hydrogens is 370 g/mol. The highest BCUT2D eigenvalue weighted by atomic mass is 16.6. The van der Waals surface area contributed by atoms with E-state index in [1.165, 1.54) is 0 Å². The Bertz CT molecular complexity index is 717. The van der Waals surface area contributed by atoms with Gasteiger partial charge in [0.05, 0.1) is 0 Å². The Morgan fingerprint density at radius 3 is 2.24 bits per heavy atom. The van der Waals surface area contributed by atoms with Gasteiger partial charge in [-0.25, -0.2) is 4.79 Å². The molecule has 1 aliphatic heterocycles. The Morgan fingerprint density at radius 2 is 1.72 bits per heavy atom. The number of hydrogen-bond acceptors (Lipinski definition) is 4. The molecule has 3 amide bonds. The normalized spacial score (nSPS) is 15.0. The summed E-state index contributed by atoms with van der Waals surface area (Å²) in [7, 11) is 3.39. The molecule has 160 valence electrons. The van der Waals surface area contributed by atoms with Gasteiger partial charge in [0.1, 0.15) is 5.60 Å². The standard InChI is InChI=1S/C22H33N3O4/c1-22(2,3)29-21(28)25-12-10-16(11-13-25)14-19(26)24(5)15-17-6-8-18(9-7-17)20(27)23-4/h6-9,16H,10-15H2,1-5H3,(H,23,27). The summed E-state index contributed by atoms with van der Waals surface area (Å²) >= 11 is 0. The van der Waals surface area contributed by atoms with Gasteiger partial charge in [0, 0.05) is 45.7 Å². The Labute approximate surface area is 173 Å². The SMILES string of the molecule is CNC(=O)c1ccc(CN(C)C(=O)CC2CCN(C(=O)OC(C)(C)C)CC2)cc1. The van der Waals surface area contributed by atoms with Gasteiger partial charge in [0.2, 0.25) is 5.91 Å². The van der Waals surface area contributed by atoms with E-state index in [-0.39, 0.29) is 23.8 Å². The number of nitrogens with one attached hydrogen (secondary N) is 1. The van der Waals surface area contributed by atoms with E-state index >= 15 is 0 Å². The van der Waals surface area contributed by atoms with Crippen LogP contribution in [0.5, 0.6) is 0 Å². The fourth-order valence-electron chi connectivity index (χ4n) is 3.32. The maximum Gasteiger partial charge on any atom is 0.410 e. The van der Waals surface area contributed by atoms with E-state index in [0.717, 1.165) is 18.4 Å². The van der Waals surface area contributed by atoms with Gasteiger partial charge in [-0.1, -0.05) is 12.1 Å². The molecule has 1 heterocycles. The second-order valence-corrected chi connectivity index (χ2v) is 8.64. The first-order valence-corrected chi connectivity index (χ1v) is 10.1. The second kappa shape index (κ2) is 9.76. The number of amides is 3. The molecule has 29 heavy (non-hydrogen) atoms. The quantitative estimate of drug-likeness (QED) is 0.820. The first-order chi connectivity index (χ1) is 13.6. The summed E-state index contributed by atoms with van der Waals surface area (Å²) in [6.07, 6.45) is 1.81. The first kappa shape index (κ1) is 22.7. The molecule has 0 atom stereocenters. The lowest BCUT2D eigenvalue weighted by molar-refractivity contribution is -0.131. The van der Waals surface area contributed by atoms with Crippen molar-refractivity contribution in [3.8, 4) is 0 Å². The van der Waals surface area contributed by atoms with Gasteiger partial charge >= 0.3 is 6.09 Å². The van der Waals surface area contributed by atoms with Crippen LogP contribution in [-0.4, -0.2) is 60.5 Å². The molecule has 7 heteroatoms. The van der Waals surface area contributed by atoms with Crippen LogP contribution in [0.2, 0.25) is 0 Å². The zero-order valence-corrected chi connectivity index (χ0v) is 18.2. The van der Waals surface area contributed by atoms with E-state index in [9.17, 15) is 14.4 Å². The molecule has 0 radical (unpaired) electrons. The van der Waals surface area contributed by atoms with E-state index in [0.29, 0.717) is 31.6 Å². The molecule has 7 nitrogen and oxygen atoms in total. The third-order valence-corrected chi connectivity index (χ3v) is 5.02. The molecule has 1 aromatic carbocycles. The number of ether oxygens (including phenoxy) is 1. The Morgan fingerprint density at radius 1 is 1.14 bits per heavy atom. The van der Waals surface area contributed by atoms with Crippen LogP contribution < -0.4 is 5.32 Å². The summed E-state index contributed by atoms with van der Waals surface area (Å²) in [5.74, 6) is 0.245. The molecule has 0 unspecified atom stereocenters. The number of carbonyl (C=O) groups is 3. The van der Waals surface area contributed by atoms with Gasteiger partial charge in [-0.3, -0.25) is 9.59 Å². The zero-order chi connectivity index (χ0) is 21.6. The average Bonchev–Trinajstić information content (AvgIpc) is 2.67. The highest BCUT2D eigenvalue weighted by molar-refractivity contribution is 5.93. The molecule has 1 N–H and O–H groups in total. The molecular formula is C22H33N3O4. The minimum absolute atomic E-state index is 0.0936. The summed E-state index contributed by atoms with van der Waals surface area (Å²) < 4.78 is 5.42. The van der Waals surface area contributed by atoms with Crippen molar-refractivity contribution in [2.75, 3.05) is 27.2 Å². The van der Waals surface area contributed by atoms with Crippen LogP contribution >= 0.6 is 0 Å². The average molecular weight is 404 g/mol. The lowest BCUT2D eigenvalue weighted by atomic mass is 9.93. The first-order valence-electron chi connectivity index (χ1n) is 10.1. The molecule has 0 aromatic heterocycles. The van der Waals surface area contributed by atoms with Gasteiger partial charge in [-0.2, -0.15) is 0 Å². The molecule has 1 saturated heterocycles. The molecule has 2 rings (SSSR count). The summed E-state index contributed by atoms with van der Waals surface area (Å²) in [5.41, 5.74) is 1.08. The van der Waals surface area contributed by atoms with Crippen molar-refractivity contribution in [2.24, 2.45) is 5.92 Å². The molecule has 1 fully saturated rings. The van der Waals surface area contributed by atoms with Crippen molar-refractivity contribution in [2.45, 2.75) is 52.2 Å². The van der Waals surface area contributed by atoms with Crippen molar-refractivity contribution in [3.63, 3.8) is 0 Å². The van der Waals surface area contributed by atoms with Crippen molar-refractivity contribution in [1.82, 2.24) is 15.1 Å². The Balaban J connectivity index is 1.79. The summed E-state index contributed by atoms with van der Waals surface area (Å²) in [4.78, 5) is 39.8. The van der Waals surface area contributed by atoms with Gasteiger partial charge in [0.15, 0.2) is 0 Å². The number of carbonyl (C=O) groups excluding carboxylic acids is 3. The van der Waals surface area contributed by atoms with E-state index in [2.05, 4.69) is 5.32 Å². The lowest BCUT2D eigenvalue weighted by Gasteiger charge is -2.33. The van der Waals surface area contributed by atoms with E-state index < -0.39 is 5.60 Å². The monoisotopic (exact) mass is 403 g/mol. The highest BCUT2D eigenvalue weighted by Gasteiger charge is 2.28. The van der Waals surface area contributed by atoms with Crippen LogP contribution in [0.4, 0.5) is 4.79 Å². The number of hydrogen-bond donors (Lipinski definition) is 1. The molecule has 0 spiro atoms. The maximum atomic E-state index is 12.6. The van der Waals surface area contributed by atoms with Crippen LogP contribution in [0, 0.1) is 5.92 Å². The van der Waals surface area contributed by atoms with Crippen molar-refractivity contribution < 1.29 is 19.1 Å². The smallest absolute Gasteiger partial charge is 0.410 e. The largest absolute Gasteiger partial charge is 0.444 e. The van der Waals surface area contributed by atoms with Gasteiger partial charge in [-0.05, 0) is 57.2 Å². The molecule has 0 saturated carbocycles. The van der Waals surface area contributed by atoms with Crippen LogP contribution in [0.3, 0.4) is 0 Å². The Kier molecular flexibility index (Phi) is 7.65. The number of nitrogens with zero attached hydrogens (tertiary/aromatic N) is 2. The molecule has 1 aromatic rings. The van der Waals surface area contributed by atoms with Gasteiger partial charge in [0.25, 0.3) is 5.91 Å². The topological polar surface area (TPSA) is 79.0 Å². The molecule has 0 aliphatic carbocycles. The molecule has 1 aliphatic rings. The van der Waals surface area contributed by atoms with Crippen LogP contribution in [0.25, 0.3) is 0 Å². The van der Waals surface area contributed by atoms with Crippen molar-refractivity contribution >= 4 is 17.9 Å². The molecule has 0 bridgehead atoms. The number of likely N-dealkylation sites (tertiary alicyclic amines) is 1. The van der Waals surface area contributed by atoms with Crippen LogP contribution in [0.1, 0.15) is 56.0 Å². The third kappa shape index (κ3) is 7.07. The van der Waals surface area contributed by atoms with Crippen molar-refractivity contribution in [3.05, 3.63) is 35.4 Å². The minimum Gasteiger partial charge on any atom is -0.444 e. The fraction of sp³-hybridized carbons (Fsp3) is 0.591. The lowest BCUT2D eigenvalue weighted by Crippen LogP contribution is -2.42. The maximum absolute atomic E-state index is 12.6. The zero-order valence-electron chi connectivity index (χ0n) is 18.2. The van der Waals surface area contributed by atoms with Crippen LogP contribution in [0.15, 0.2) is 24.3 Å². The number of piperidine rings is 1. The Hall–Kier alpha value is -2.57. The summed E-state index contributed by atoms with van der Waals surface area (Å²) in [6.45, 7) is 7.33. The minimum atomic E-state index is -0.495. The van der Waals surface area contributed by atoms with E-state index in [1.807, 2.05) is 32.9 Å². The van der Waals surface area contributed by atoms with Gasteiger partial charge < -0.3 is 19.9 Å². The van der Waals surface area contributed by atoms with E-state index in [1.54, 1.807) is 36.0 Å². The summed E-state index contributed by atoms with van der Waals surface area (Å²) in [5, 5.41) is 2.59. The predicted molar refractivity (Wildman–Crippen MR) is 111 cm³/mol. The summed E-state index contributed by atoms with van der Waals surface area (Å²) in [6, 6.07) is 7.26. The van der Waals surface area contributed by atoms with Crippen molar-refractivity contribution in [1.29, 1.82) is 0 Å². The predicted octanol–water partition coefficient (Wildman–Crippen LogP) is 3.04. The highest BCUT2D eigenvalue weighted by Crippen LogP contribution is 2.23. The third-order valence-electron chi connectivity index (χ3n) is 5.02. The second-order valence-electron chi connectivity index (χ2n) is 8.64.